The van der Waals surface area contributed by atoms with Crippen LogP contribution in [-0.4, -0.2) is 39.7 Å². The van der Waals surface area contributed by atoms with Crippen molar-refractivity contribution in [1.29, 1.82) is 0 Å². The van der Waals surface area contributed by atoms with Crippen LogP contribution in [0.1, 0.15) is 19.7 Å². The molecule has 0 unspecified atom stereocenters. The molecule has 0 aliphatic carbocycles. The number of hydrogen-bond acceptors (Lipinski definition) is 6. The van der Waals surface area contributed by atoms with Gasteiger partial charge >= 0.3 is 0 Å². The number of carbonyl (C=O) groups is 1. The zero-order valence-electron chi connectivity index (χ0n) is 16.1. The van der Waals surface area contributed by atoms with Crippen molar-refractivity contribution >= 4 is 17.1 Å². The number of primary amides is 1. The first-order valence-electron chi connectivity index (χ1n) is 9.28. The Morgan fingerprint density at radius 3 is 2.71 bits per heavy atom. The Balaban J connectivity index is 1.88. The molecule has 1 atom stereocenters. The monoisotopic (exact) mass is 383 g/mol. The number of amides is 1. The molecular formula is C20H25N5O3. The van der Waals surface area contributed by atoms with Gasteiger partial charge in [0.25, 0.3) is 0 Å². The summed E-state index contributed by atoms with van der Waals surface area (Å²) < 4.78 is 13.3. The van der Waals surface area contributed by atoms with Crippen LogP contribution in [0.4, 0.5) is 0 Å². The summed E-state index contributed by atoms with van der Waals surface area (Å²) in [6, 6.07) is 12.7. The Morgan fingerprint density at radius 1 is 1.21 bits per heavy atom. The summed E-state index contributed by atoms with van der Waals surface area (Å²) in [5.74, 6) is 1.55. The van der Waals surface area contributed by atoms with Gasteiger partial charge in [0.1, 0.15) is 17.1 Å². The van der Waals surface area contributed by atoms with Gasteiger partial charge in [-0.05, 0) is 32.0 Å². The third kappa shape index (κ3) is 4.85. The molecule has 0 radical (unpaired) electrons. The molecule has 0 aliphatic rings. The van der Waals surface area contributed by atoms with Crippen molar-refractivity contribution in [3.63, 3.8) is 0 Å². The maximum atomic E-state index is 11.3. The number of pyridine rings is 1. The van der Waals surface area contributed by atoms with Gasteiger partial charge in [-0.25, -0.2) is 4.98 Å². The first-order chi connectivity index (χ1) is 13.6. The van der Waals surface area contributed by atoms with E-state index in [2.05, 4.69) is 15.3 Å². The Bertz CT molecular complexity index is 926. The number of nitrogens with one attached hydrogen (secondary N) is 1. The number of benzene rings is 1. The molecule has 3 aromatic rings. The number of nitrogens with two attached hydrogens (primary N) is 1. The Kier molecular flexibility index (Phi) is 6.57. The molecule has 2 heterocycles. The van der Waals surface area contributed by atoms with Crippen molar-refractivity contribution in [3.05, 3.63) is 48.3 Å². The molecule has 3 rings (SSSR count). The van der Waals surface area contributed by atoms with Crippen LogP contribution < -0.4 is 15.8 Å². The average Bonchev–Trinajstić information content (AvgIpc) is 3.04. The quantitative estimate of drug-likeness (QED) is 0.520. The van der Waals surface area contributed by atoms with Gasteiger partial charge in [-0.15, -0.1) is 0 Å². The predicted molar refractivity (Wildman–Crippen MR) is 106 cm³/mol. The van der Waals surface area contributed by atoms with Gasteiger partial charge < -0.3 is 19.8 Å². The minimum Gasteiger partial charge on any atom is -0.439 e. The van der Waals surface area contributed by atoms with Gasteiger partial charge in [0.15, 0.2) is 5.65 Å². The molecule has 0 saturated carbocycles. The summed E-state index contributed by atoms with van der Waals surface area (Å²) in [5, 5.41) is 3.09. The normalized spacial score (nSPS) is 12.2. The summed E-state index contributed by atoms with van der Waals surface area (Å²) in [7, 11) is 0. The zero-order chi connectivity index (χ0) is 19.9. The molecule has 8 heteroatoms. The number of rotatable bonds is 10. The van der Waals surface area contributed by atoms with Crippen LogP contribution in [0.3, 0.4) is 0 Å². The number of aromatic nitrogens is 3. The second-order valence-corrected chi connectivity index (χ2v) is 6.29. The van der Waals surface area contributed by atoms with Crippen LogP contribution in [0.15, 0.2) is 42.5 Å². The molecule has 148 valence electrons. The van der Waals surface area contributed by atoms with Gasteiger partial charge in [-0.3, -0.25) is 10.1 Å². The van der Waals surface area contributed by atoms with Crippen LogP contribution in [0.25, 0.3) is 11.2 Å². The first-order valence-corrected chi connectivity index (χ1v) is 9.28. The lowest BCUT2D eigenvalue weighted by Gasteiger charge is -2.12. The number of nitrogens with zero attached hydrogens (tertiary/aromatic N) is 3. The molecule has 0 spiro atoms. The van der Waals surface area contributed by atoms with E-state index in [-0.39, 0.29) is 0 Å². The third-order valence-corrected chi connectivity index (χ3v) is 4.27. The van der Waals surface area contributed by atoms with Crippen molar-refractivity contribution in [3.8, 4) is 11.6 Å². The largest absolute Gasteiger partial charge is 0.439 e. The van der Waals surface area contributed by atoms with Crippen LogP contribution in [0.2, 0.25) is 0 Å². The van der Waals surface area contributed by atoms with E-state index in [0.29, 0.717) is 43.6 Å². The van der Waals surface area contributed by atoms with Crippen molar-refractivity contribution in [2.45, 2.75) is 33.0 Å². The Labute approximate surface area is 163 Å². The predicted octanol–water partition coefficient (Wildman–Crippen LogP) is 2.22. The molecule has 3 N–H and O–H groups in total. The van der Waals surface area contributed by atoms with Crippen molar-refractivity contribution in [2.75, 3.05) is 13.2 Å². The fourth-order valence-electron chi connectivity index (χ4n) is 2.71. The number of fused-ring (bicyclic) bond motifs is 1. The lowest BCUT2D eigenvalue weighted by atomic mass is 10.3. The smallest absolute Gasteiger partial charge is 0.234 e. The highest BCUT2D eigenvalue weighted by atomic mass is 16.5. The molecule has 0 aliphatic heterocycles. The first kappa shape index (κ1) is 19.8. The maximum Gasteiger partial charge on any atom is 0.234 e. The van der Waals surface area contributed by atoms with Crippen molar-refractivity contribution < 1.29 is 14.3 Å². The fourth-order valence-corrected chi connectivity index (χ4v) is 2.71. The summed E-state index contributed by atoms with van der Waals surface area (Å²) in [6.07, 6.45) is 0. The molecule has 0 bridgehead atoms. The number of ether oxygens (including phenoxy) is 2. The zero-order valence-corrected chi connectivity index (χ0v) is 16.1. The van der Waals surface area contributed by atoms with Gasteiger partial charge in [-0.2, -0.15) is 4.98 Å². The van der Waals surface area contributed by atoms with Crippen molar-refractivity contribution in [1.82, 2.24) is 19.9 Å². The lowest BCUT2D eigenvalue weighted by Crippen LogP contribution is -2.38. The van der Waals surface area contributed by atoms with E-state index in [4.69, 9.17) is 15.2 Å². The summed E-state index contributed by atoms with van der Waals surface area (Å²) in [6.45, 7) is 5.82. The van der Waals surface area contributed by atoms with E-state index in [1.807, 2.05) is 47.9 Å². The highest BCUT2D eigenvalue weighted by Gasteiger charge is 2.15. The lowest BCUT2D eigenvalue weighted by molar-refractivity contribution is -0.119. The number of hydrogen-bond donors (Lipinski definition) is 2. The van der Waals surface area contributed by atoms with Gasteiger partial charge in [0, 0.05) is 19.2 Å². The topological polar surface area (TPSA) is 104 Å². The Morgan fingerprint density at radius 2 is 2.00 bits per heavy atom. The maximum absolute atomic E-state index is 11.3. The third-order valence-electron chi connectivity index (χ3n) is 4.27. The highest BCUT2D eigenvalue weighted by molar-refractivity contribution is 5.79. The van der Waals surface area contributed by atoms with Gasteiger partial charge in [-0.1, -0.05) is 18.2 Å². The van der Waals surface area contributed by atoms with E-state index in [1.165, 1.54) is 0 Å². The summed E-state index contributed by atoms with van der Waals surface area (Å²) in [4.78, 5) is 20.6. The second kappa shape index (κ2) is 9.29. The van der Waals surface area contributed by atoms with Crippen LogP contribution >= 0.6 is 0 Å². The standard InChI is InChI=1S/C20H25N5O3/c1-3-27-12-11-25-17(13-22-14(2)19(21)26)23-16-9-10-18(24-20(16)25)28-15-7-5-4-6-8-15/h4-10,14,22H,3,11-13H2,1-2H3,(H2,21,26)/t14-/m0/s1. The SMILES string of the molecule is CCOCCn1c(CN[C@@H](C)C(N)=O)nc2ccc(Oc3ccccc3)nc21. The van der Waals surface area contributed by atoms with E-state index in [9.17, 15) is 4.79 Å². The molecule has 0 saturated heterocycles. The van der Waals surface area contributed by atoms with E-state index in [0.717, 1.165) is 11.3 Å². The van der Waals surface area contributed by atoms with Crippen LogP contribution in [0.5, 0.6) is 11.6 Å². The van der Waals surface area contributed by atoms with E-state index < -0.39 is 11.9 Å². The summed E-state index contributed by atoms with van der Waals surface area (Å²) in [5.41, 5.74) is 6.78. The molecule has 8 nitrogen and oxygen atoms in total. The minimum absolute atomic E-state index is 0.390. The van der Waals surface area contributed by atoms with Crippen LogP contribution in [0, 0.1) is 0 Å². The Hall–Kier alpha value is -2.97. The highest BCUT2D eigenvalue weighted by Crippen LogP contribution is 2.23. The minimum atomic E-state index is -0.454. The second-order valence-electron chi connectivity index (χ2n) is 6.29. The molecule has 1 aromatic carbocycles. The summed E-state index contributed by atoms with van der Waals surface area (Å²) >= 11 is 0. The number of carbonyl (C=O) groups excluding carboxylic acids is 1. The molecule has 2 aromatic heterocycles. The van der Waals surface area contributed by atoms with E-state index >= 15 is 0 Å². The number of para-hydroxylation sites is 1. The average molecular weight is 383 g/mol. The molecule has 28 heavy (non-hydrogen) atoms. The molecule has 0 fully saturated rings. The van der Waals surface area contributed by atoms with Gasteiger partial charge in [0.05, 0.1) is 19.2 Å². The van der Waals surface area contributed by atoms with E-state index in [1.54, 1.807) is 13.0 Å². The van der Waals surface area contributed by atoms with Crippen molar-refractivity contribution in [2.24, 2.45) is 5.73 Å². The van der Waals surface area contributed by atoms with Crippen LogP contribution in [-0.2, 0) is 22.6 Å². The fraction of sp³-hybridized carbons (Fsp3) is 0.350. The number of imidazole rings is 1. The van der Waals surface area contributed by atoms with Gasteiger partial charge in [0.2, 0.25) is 11.8 Å². The molecular weight excluding hydrogens is 358 g/mol. The molecule has 1 amide bonds.